The standard InChI is InChI=1S/C15H12O2/c1-2-12-7-6-10-14(11-12)17-15(16)13-8-4-3-5-9-13/h1,3-11,15-16H. The molecular formula is C15H12O2. The van der Waals surface area contributed by atoms with Gasteiger partial charge >= 0.3 is 0 Å². The van der Waals surface area contributed by atoms with Gasteiger partial charge in [0.15, 0.2) is 0 Å². The Kier molecular flexibility index (Phi) is 3.44. The quantitative estimate of drug-likeness (QED) is 0.641. The number of rotatable bonds is 3. The van der Waals surface area contributed by atoms with Gasteiger partial charge in [0.05, 0.1) is 0 Å². The summed E-state index contributed by atoms with van der Waals surface area (Å²) in [5.41, 5.74) is 1.43. The highest BCUT2D eigenvalue weighted by Gasteiger charge is 2.08. The van der Waals surface area contributed by atoms with Crippen LogP contribution in [-0.2, 0) is 0 Å². The molecule has 0 saturated heterocycles. The molecule has 17 heavy (non-hydrogen) atoms. The maximum Gasteiger partial charge on any atom is 0.224 e. The predicted octanol–water partition coefficient (Wildman–Crippen LogP) is 2.74. The monoisotopic (exact) mass is 224 g/mol. The smallest absolute Gasteiger partial charge is 0.224 e. The van der Waals surface area contributed by atoms with Crippen LogP contribution in [-0.4, -0.2) is 5.11 Å². The first-order valence-electron chi connectivity index (χ1n) is 5.26. The van der Waals surface area contributed by atoms with E-state index in [1.807, 2.05) is 24.3 Å². The minimum Gasteiger partial charge on any atom is -0.461 e. The molecule has 2 aromatic rings. The van der Waals surface area contributed by atoms with Crippen molar-refractivity contribution in [2.75, 3.05) is 0 Å². The third-order valence-corrected chi connectivity index (χ3v) is 2.33. The van der Waals surface area contributed by atoms with Gasteiger partial charge in [-0.05, 0) is 18.2 Å². The molecule has 1 N–H and O–H groups in total. The first-order chi connectivity index (χ1) is 8.29. The highest BCUT2D eigenvalue weighted by Crippen LogP contribution is 2.20. The first kappa shape index (κ1) is 11.3. The van der Waals surface area contributed by atoms with Gasteiger partial charge in [-0.15, -0.1) is 6.42 Å². The van der Waals surface area contributed by atoms with Gasteiger partial charge in [-0.1, -0.05) is 42.3 Å². The van der Waals surface area contributed by atoms with E-state index < -0.39 is 6.29 Å². The van der Waals surface area contributed by atoms with Crippen LogP contribution in [0.4, 0.5) is 0 Å². The molecule has 2 rings (SSSR count). The van der Waals surface area contributed by atoms with E-state index in [4.69, 9.17) is 11.2 Å². The number of aliphatic hydroxyl groups is 1. The molecule has 2 aromatic carbocycles. The zero-order valence-electron chi connectivity index (χ0n) is 9.21. The van der Waals surface area contributed by atoms with Crippen molar-refractivity contribution < 1.29 is 9.84 Å². The maximum atomic E-state index is 9.86. The van der Waals surface area contributed by atoms with E-state index in [0.29, 0.717) is 11.3 Å². The Balaban J connectivity index is 2.13. The van der Waals surface area contributed by atoms with Gasteiger partial charge in [0, 0.05) is 11.1 Å². The first-order valence-corrected chi connectivity index (χ1v) is 5.26. The van der Waals surface area contributed by atoms with E-state index in [9.17, 15) is 5.11 Å². The average Bonchev–Trinajstić information content (AvgIpc) is 2.40. The predicted molar refractivity (Wildman–Crippen MR) is 66.4 cm³/mol. The Labute approximate surface area is 100 Å². The summed E-state index contributed by atoms with van der Waals surface area (Å²) in [6.07, 6.45) is 4.31. The number of hydrogen-bond acceptors (Lipinski definition) is 2. The van der Waals surface area contributed by atoms with Crippen LogP contribution in [0.1, 0.15) is 17.4 Å². The lowest BCUT2D eigenvalue weighted by Crippen LogP contribution is -2.06. The third-order valence-electron chi connectivity index (χ3n) is 2.33. The van der Waals surface area contributed by atoms with Gasteiger partial charge < -0.3 is 9.84 Å². The summed E-state index contributed by atoms with van der Waals surface area (Å²) in [5.74, 6) is 3.07. The molecule has 0 aliphatic heterocycles. The Hall–Kier alpha value is -2.24. The molecule has 0 radical (unpaired) electrons. The van der Waals surface area contributed by atoms with Crippen LogP contribution < -0.4 is 4.74 Å². The van der Waals surface area contributed by atoms with Crippen molar-refractivity contribution >= 4 is 0 Å². The van der Waals surface area contributed by atoms with Crippen molar-refractivity contribution in [2.24, 2.45) is 0 Å². The van der Waals surface area contributed by atoms with Crippen LogP contribution in [0.5, 0.6) is 5.75 Å². The number of hydrogen-bond donors (Lipinski definition) is 1. The molecule has 0 amide bonds. The van der Waals surface area contributed by atoms with Gasteiger partial charge in [-0.2, -0.15) is 0 Å². The van der Waals surface area contributed by atoms with Crippen LogP contribution in [0.25, 0.3) is 0 Å². The van der Waals surface area contributed by atoms with Crippen LogP contribution in [0.3, 0.4) is 0 Å². The number of aliphatic hydroxyl groups excluding tert-OH is 1. The van der Waals surface area contributed by atoms with Gasteiger partial charge in [-0.3, -0.25) is 0 Å². The van der Waals surface area contributed by atoms with Crippen molar-refractivity contribution in [2.45, 2.75) is 6.29 Å². The minimum absolute atomic E-state index is 0.553. The summed E-state index contributed by atoms with van der Waals surface area (Å²) in [5, 5.41) is 9.86. The lowest BCUT2D eigenvalue weighted by atomic mass is 10.2. The Morgan fingerprint density at radius 3 is 2.53 bits per heavy atom. The molecule has 2 nitrogen and oxygen atoms in total. The molecule has 0 fully saturated rings. The second-order valence-corrected chi connectivity index (χ2v) is 3.55. The molecule has 1 unspecified atom stereocenters. The molecule has 2 heteroatoms. The Bertz CT molecular complexity index is 526. The fraction of sp³-hybridized carbons (Fsp3) is 0.0667. The Morgan fingerprint density at radius 2 is 1.82 bits per heavy atom. The summed E-state index contributed by atoms with van der Waals surface area (Å²) >= 11 is 0. The topological polar surface area (TPSA) is 29.5 Å². The molecule has 84 valence electrons. The summed E-state index contributed by atoms with van der Waals surface area (Å²) in [6, 6.07) is 16.3. The van der Waals surface area contributed by atoms with E-state index in [-0.39, 0.29) is 0 Å². The van der Waals surface area contributed by atoms with Crippen LogP contribution >= 0.6 is 0 Å². The maximum absolute atomic E-state index is 9.86. The number of ether oxygens (including phenoxy) is 1. The van der Waals surface area contributed by atoms with Gasteiger partial charge in [0.25, 0.3) is 0 Å². The molecule has 0 spiro atoms. The van der Waals surface area contributed by atoms with E-state index in [2.05, 4.69) is 5.92 Å². The van der Waals surface area contributed by atoms with Gasteiger partial charge in [-0.25, -0.2) is 0 Å². The second-order valence-electron chi connectivity index (χ2n) is 3.55. The molecule has 0 heterocycles. The van der Waals surface area contributed by atoms with Crippen LogP contribution in [0, 0.1) is 12.3 Å². The van der Waals surface area contributed by atoms with E-state index >= 15 is 0 Å². The molecule has 0 aliphatic carbocycles. The highest BCUT2D eigenvalue weighted by molar-refractivity contribution is 5.38. The molecule has 0 bridgehead atoms. The zero-order valence-corrected chi connectivity index (χ0v) is 9.21. The van der Waals surface area contributed by atoms with Gasteiger partial charge in [0.2, 0.25) is 6.29 Å². The largest absolute Gasteiger partial charge is 0.461 e. The summed E-state index contributed by atoms with van der Waals surface area (Å²) in [4.78, 5) is 0. The molecule has 0 aliphatic rings. The Morgan fingerprint density at radius 1 is 1.06 bits per heavy atom. The minimum atomic E-state index is -0.982. The summed E-state index contributed by atoms with van der Waals surface area (Å²) < 4.78 is 5.40. The van der Waals surface area contributed by atoms with Crippen molar-refractivity contribution in [1.29, 1.82) is 0 Å². The fourth-order valence-electron chi connectivity index (χ4n) is 1.47. The lowest BCUT2D eigenvalue weighted by molar-refractivity contribution is -0.0194. The third kappa shape index (κ3) is 2.87. The molecular weight excluding hydrogens is 212 g/mol. The SMILES string of the molecule is C#Cc1cccc(OC(O)c2ccccc2)c1. The van der Waals surface area contributed by atoms with Gasteiger partial charge in [0.1, 0.15) is 5.75 Å². The second kappa shape index (κ2) is 5.20. The molecule has 1 atom stereocenters. The van der Waals surface area contributed by atoms with E-state index in [1.54, 1.807) is 30.3 Å². The van der Waals surface area contributed by atoms with Crippen LogP contribution in [0.2, 0.25) is 0 Å². The van der Waals surface area contributed by atoms with E-state index in [0.717, 1.165) is 5.56 Å². The normalized spacial score (nSPS) is 11.5. The summed E-state index contributed by atoms with van der Waals surface area (Å²) in [7, 11) is 0. The van der Waals surface area contributed by atoms with Crippen molar-refractivity contribution in [3.05, 3.63) is 65.7 Å². The highest BCUT2D eigenvalue weighted by atomic mass is 16.6. The summed E-state index contributed by atoms with van der Waals surface area (Å²) in [6.45, 7) is 0. The molecule has 0 saturated carbocycles. The van der Waals surface area contributed by atoms with E-state index in [1.165, 1.54) is 0 Å². The van der Waals surface area contributed by atoms with Crippen molar-refractivity contribution in [3.63, 3.8) is 0 Å². The van der Waals surface area contributed by atoms with Crippen LogP contribution in [0.15, 0.2) is 54.6 Å². The van der Waals surface area contributed by atoms with Crippen molar-refractivity contribution in [3.8, 4) is 18.1 Å². The lowest BCUT2D eigenvalue weighted by Gasteiger charge is -2.13. The average molecular weight is 224 g/mol. The van der Waals surface area contributed by atoms with Crippen molar-refractivity contribution in [1.82, 2.24) is 0 Å². The number of benzene rings is 2. The fourth-order valence-corrected chi connectivity index (χ4v) is 1.47. The zero-order chi connectivity index (χ0) is 12.1. The number of terminal acetylenes is 1. The molecule has 0 aromatic heterocycles.